The molecule has 3 N–H and O–H groups in total. The van der Waals surface area contributed by atoms with Gasteiger partial charge in [-0.25, -0.2) is 9.37 Å². The van der Waals surface area contributed by atoms with Gasteiger partial charge in [-0.2, -0.15) is 0 Å². The Balaban J connectivity index is 1.52. The largest absolute Gasteiger partial charge is 0.344 e. The van der Waals surface area contributed by atoms with E-state index in [1.54, 1.807) is 5.38 Å². The van der Waals surface area contributed by atoms with Crippen LogP contribution in [0.15, 0.2) is 29.6 Å². The second-order valence-electron chi connectivity index (χ2n) is 5.52. The molecule has 7 nitrogen and oxygen atoms in total. The summed E-state index contributed by atoms with van der Waals surface area (Å²) in [5.74, 6) is -1.13. The normalized spacial score (nSPS) is 16.4. The molecular formula is C16H15FN4O3S. The highest BCUT2D eigenvalue weighted by Gasteiger charge is 2.27. The minimum Gasteiger partial charge on any atom is -0.344 e. The van der Waals surface area contributed by atoms with Crippen molar-refractivity contribution >= 4 is 39.9 Å². The van der Waals surface area contributed by atoms with E-state index in [0.29, 0.717) is 29.4 Å². The third kappa shape index (κ3) is 4.60. The van der Waals surface area contributed by atoms with Crippen LogP contribution < -0.4 is 16.0 Å². The van der Waals surface area contributed by atoms with Crippen LogP contribution in [0.5, 0.6) is 0 Å². The van der Waals surface area contributed by atoms with E-state index in [9.17, 15) is 18.8 Å². The van der Waals surface area contributed by atoms with Crippen LogP contribution in [0.4, 0.5) is 15.2 Å². The third-order valence-corrected chi connectivity index (χ3v) is 4.37. The predicted molar refractivity (Wildman–Crippen MR) is 90.6 cm³/mol. The second-order valence-corrected chi connectivity index (χ2v) is 6.38. The highest BCUT2D eigenvalue weighted by atomic mass is 32.1. The van der Waals surface area contributed by atoms with Gasteiger partial charge in [0.05, 0.1) is 12.1 Å². The molecule has 130 valence electrons. The molecule has 1 aromatic carbocycles. The number of hydrogen-bond donors (Lipinski definition) is 3. The smallest absolute Gasteiger partial charge is 0.248 e. The van der Waals surface area contributed by atoms with Gasteiger partial charge in [0, 0.05) is 17.5 Å². The highest BCUT2D eigenvalue weighted by molar-refractivity contribution is 7.13. The molecule has 1 atom stereocenters. The quantitative estimate of drug-likeness (QED) is 0.753. The number of carbonyl (C=O) groups is 3. The van der Waals surface area contributed by atoms with Gasteiger partial charge in [0.2, 0.25) is 17.7 Å². The Morgan fingerprint density at radius 2 is 2.04 bits per heavy atom. The van der Waals surface area contributed by atoms with Crippen molar-refractivity contribution in [2.45, 2.75) is 25.3 Å². The summed E-state index contributed by atoms with van der Waals surface area (Å²) in [7, 11) is 0. The fourth-order valence-corrected chi connectivity index (χ4v) is 3.06. The number of thiazole rings is 1. The molecule has 25 heavy (non-hydrogen) atoms. The molecule has 0 radical (unpaired) electrons. The van der Waals surface area contributed by atoms with Crippen molar-refractivity contribution in [2.24, 2.45) is 0 Å². The first-order chi connectivity index (χ1) is 12.0. The van der Waals surface area contributed by atoms with Gasteiger partial charge in [-0.1, -0.05) is 0 Å². The van der Waals surface area contributed by atoms with Crippen molar-refractivity contribution in [3.8, 4) is 0 Å². The molecule has 2 aromatic rings. The number of nitrogens with one attached hydrogen (secondary N) is 3. The number of benzene rings is 1. The topological polar surface area (TPSA) is 100 Å². The fraction of sp³-hybridized carbons (Fsp3) is 0.250. The molecule has 1 saturated heterocycles. The molecule has 0 spiro atoms. The predicted octanol–water partition coefficient (Wildman–Crippen LogP) is 1.68. The molecule has 1 aliphatic rings. The van der Waals surface area contributed by atoms with E-state index in [2.05, 4.69) is 20.9 Å². The number of nitrogens with zero attached hydrogens (tertiary/aromatic N) is 1. The van der Waals surface area contributed by atoms with E-state index in [-0.39, 0.29) is 30.0 Å². The SMILES string of the molecule is O=C(Cc1csc(NC(=O)C2CCC(=O)N2)n1)Nc1ccc(F)cc1. The average molecular weight is 362 g/mol. The number of hydrogen-bond acceptors (Lipinski definition) is 5. The van der Waals surface area contributed by atoms with Crippen LogP contribution >= 0.6 is 11.3 Å². The lowest BCUT2D eigenvalue weighted by Crippen LogP contribution is -2.37. The number of amides is 3. The minimum absolute atomic E-state index is 0.0317. The summed E-state index contributed by atoms with van der Waals surface area (Å²) in [6.45, 7) is 0. The van der Waals surface area contributed by atoms with Gasteiger partial charge in [0.15, 0.2) is 5.13 Å². The van der Waals surface area contributed by atoms with Crippen LogP contribution in [-0.2, 0) is 20.8 Å². The first-order valence-corrected chi connectivity index (χ1v) is 8.47. The molecule has 1 aromatic heterocycles. The first kappa shape index (κ1) is 17.0. The number of carbonyl (C=O) groups excluding carboxylic acids is 3. The zero-order valence-electron chi connectivity index (χ0n) is 13.0. The van der Waals surface area contributed by atoms with Crippen molar-refractivity contribution in [3.63, 3.8) is 0 Å². The monoisotopic (exact) mass is 362 g/mol. The summed E-state index contributed by atoms with van der Waals surface area (Å²) in [4.78, 5) is 39.3. The lowest BCUT2D eigenvalue weighted by atomic mass is 10.2. The van der Waals surface area contributed by atoms with E-state index in [1.165, 1.54) is 35.6 Å². The van der Waals surface area contributed by atoms with Gasteiger partial charge in [0.1, 0.15) is 11.9 Å². The molecule has 1 fully saturated rings. The Morgan fingerprint density at radius 3 is 2.72 bits per heavy atom. The maximum Gasteiger partial charge on any atom is 0.248 e. The van der Waals surface area contributed by atoms with Gasteiger partial charge in [-0.3, -0.25) is 14.4 Å². The maximum atomic E-state index is 12.8. The summed E-state index contributed by atoms with van der Waals surface area (Å²) in [6, 6.07) is 4.91. The van der Waals surface area contributed by atoms with Crippen LogP contribution in [0.1, 0.15) is 18.5 Å². The van der Waals surface area contributed by atoms with Crippen LogP contribution in [0, 0.1) is 5.82 Å². The molecule has 3 rings (SSSR count). The van der Waals surface area contributed by atoms with Crippen molar-refractivity contribution in [2.75, 3.05) is 10.6 Å². The lowest BCUT2D eigenvalue weighted by molar-refractivity contribution is -0.122. The van der Waals surface area contributed by atoms with E-state index in [0.717, 1.165) is 0 Å². The van der Waals surface area contributed by atoms with Gasteiger partial charge >= 0.3 is 0 Å². The van der Waals surface area contributed by atoms with Crippen LogP contribution in [0.3, 0.4) is 0 Å². The number of aromatic nitrogens is 1. The Labute approximate surface area is 146 Å². The zero-order valence-corrected chi connectivity index (χ0v) is 13.9. The number of halogens is 1. The van der Waals surface area contributed by atoms with E-state index >= 15 is 0 Å². The van der Waals surface area contributed by atoms with Gasteiger partial charge < -0.3 is 16.0 Å². The standard InChI is InChI=1S/C16H15FN4O3S/c17-9-1-3-10(4-2-9)18-14(23)7-11-8-25-16(19-11)21-15(24)12-5-6-13(22)20-12/h1-4,8,12H,5-7H2,(H,18,23)(H,20,22)(H,19,21,24). The first-order valence-electron chi connectivity index (χ1n) is 7.59. The summed E-state index contributed by atoms with van der Waals surface area (Å²) in [5, 5.41) is 9.90. The van der Waals surface area contributed by atoms with Crippen LogP contribution in [-0.4, -0.2) is 28.7 Å². The maximum absolute atomic E-state index is 12.8. The molecule has 0 aliphatic carbocycles. The molecule has 0 bridgehead atoms. The molecule has 3 amide bonds. The molecule has 1 aliphatic heterocycles. The highest BCUT2D eigenvalue weighted by Crippen LogP contribution is 2.18. The van der Waals surface area contributed by atoms with Gasteiger partial charge in [-0.05, 0) is 30.7 Å². The Hall–Kier alpha value is -2.81. The fourth-order valence-electron chi connectivity index (χ4n) is 2.35. The Bertz CT molecular complexity index is 806. The summed E-state index contributed by atoms with van der Waals surface area (Å²) < 4.78 is 12.8. The molecule has 2 heterocycles. The minimum atomic E-state index is -0.540. The molecule has 0 saturated carbocycles. The van der Waals surface area contributed by atoms with Crippen molar-refractivity contribution in [1.29, 1.82) is 0 Å². The Kier molecular flexibility index (Phi) is 5.03. The van der Waals surface area contributed by atoms with Crippen LogP contribution in [0.25, 0.3) is 0 Å². The molecule has 9 heteroatoms. The van der Waals surface area contributed by atoms with Crippen molar-refractivity contribution < 1.29 is 18.8 Å². The van der Waals surface area contributed by atoms with Crippen molar-refractivity contribution in [1.82, 2.24) is 10.3 Å². The number of anilines is 2. The average Bonchev–Trinajstić information content (AvgIpc) is 3.19. The summed E-state index contributed by atoms with van der Waals surface area (Å²) in [6.07, 6.45) is 0.831. The third-order valence-electron chi connectivity index (χ3n) is 3.56. The Morgan fingerprint density at radius 1 is 1.28 bits per heavy atom. The van der Waals surface area contributed by atoms with E-state index < -0.39 is 6.04 Å². The van der Waals surface area contributed by atoms with E-state index in [4.69, 9.17) is 0 Å². The van der Waals surface area contributed by atoms with Crippen molar-refractivity contribution in [3.05, 3.63) is 41.2 Å². The van der Waals surface area contributed by atoms with Gasteiger partial charge in [-0.15, -0.1) is 11.3 Å². The number of rotatable bonds is 5. The molecule has 1 unspecified atom stereocenters. The summed E-state index contributed by atoms with van der Waals surface area (Å²) in [5.41, 5.74) is 1.00. The van der Waals surface area contributed by atoms with Crippen LogP contribution in [0.2, 0.25) is 0 Å². The second kappa shape index (κ2) is 7.39. The lowest BCUT2D eigenvalue weighted by Gasteiger charge is -2.08. The summed E-state index contributed by atoms with van der Waals surface area (Å²) >= 11 is 1.20. The van der Waals surface area contributed by atoms with E-state index in [1.807, 2.05) is 0 Å². The molecular weight excluding hydrogens is 347 g/mol. The zero-order chi connectivity index (χ0) is 17.8. The van der Waals surface area contributed by atoms with Gasteiger partial charge in [0.25, 0.3) is 0 Å².